The van der Waals surface area contributed by atoms with Crippen molar-refractivity contribution in [2.45, 2.75) is 32.2 Å². The van der Waals surface area contributed by atoms with E-state index in [0.717, 1.165) is 36.2 Å². The number of imidazole rings is 1. The van der Waals surface area contributed by atoms with Crippen LogP contribution in [0.5, 0.6) is 0 Å². The molecule has 10 heteroatoms. The van der Waals surface area contributed by atoms with Gasteiger partial charge in [0.2, 0.25) is 11.3 Å². The number of amides is 2. The van der Waals surface area contributed by atoms with Crippen molar-refractivity contribution in [3.8, 4) is 0 Å². The molecule has 1 N–H and O–H groups in total. The maximum Gasteiger partial charge on any atom is 0.259 e. The van der Waals surface area contributed by atoms with Crippen LogP contribution in [0.15, 0.2) is 41.2 Å². The highest BCUT2D eigenvalue weighted by Gasteiger charge is 2.26. The van der Waals surface area contributed by atoms with Gasteiger partial charge < -0.3 is 24.6 Å². The first-order chi connectivity index (χ1) is 18.8. The zero-order valence-electron chi connectivity index (χ0n) is 22.8. The van der Waals surface area contributed by atoms with Gasteiger partial charge in [-0.05, 0) is 57.1 Å². The van der Waals surface area contributed by atoms with Crippen molar-refractivity contribution < 1.29 is 9.59 Å². The minimum absolute atomic E-state index is 0.0752. The fraction of sp³-hybridized carbons (Fsp3) is 0.448. The zero-order chi connectivity index (χ0) is 27.3. The van der Waals surface area contributed by atoms with Gasteiger partial charge >= 0.3 is 0 Å². The lowest BCUT2D eigenvalue weighted by molar-refractivity contribution is -0.129. The van der Waals surface area contributed by atoms with E-state index < -0.39 is 0 Å². The number of anilines is 1. The van der Waals surface area contributed by atoms with Gasteiger partial charge in [-0.2, -0.15) is 0 Å². The van der Waals surface area contributed by atoms with Crippen LogP contribution in [0, 0.1) is 0 Å². The molecule has 0 saturated carbocycles. The first kappa shape index (κ1) is 25.4. The molecule has 0 spiro atoms. The van der Waals surface area contributed by atoms with Gasteiger partial charge in [0.15, 0.2) is 5.65 Å². The van der Waals surface area contributed by atoms with Crippen LogP contribution in [-0.4, -0.2) is 87.9 Å². The van der Waals surface area contributed by atoms with E-state index in [9.17, 15) is 14.4 Å². The Morgan fingerprint density at radius 1 is 1.00 bits per heavy atom. The highest BCUT2D eigenvalue weighted by molar-refractivity contribution is 6.05. The van der Waals surface area contributed by atoms with Crippen LogP contribution in [-0.2, 0) is 11.8 Å². The Labute approximate surface area is 226 Å². The molecule has 204 valence electrons. The van der Waals surface area contributed by atoms with E-state index in [2.05, 4.69) is 22.2 Å². The molecule has 1 atom stereocenters. The molecule has 2 aliphatic heterocycles. The standard InChI is InChI=1S/C29H35N7O3/c1-19(37)34-15-17-35(18-16-34)24-11-10-21-26(38)25(28(39)30-13-12-20-7-6-14-32(20)2)29-33(3)22-8-4-5-9-23(22)36(29)27(21)31-24/h4-5,8-11,20H,6-7,12-18H2,1-3H3,(H,30,39). The normalized spacial score (nSPS) is 18.5. The summed E-state index contributed by atoms with van der Waals surface area (Å²) in [5.41, 5.74) is 2.69. The maximum atomic E-state index is 13.9. The Balaban J connectivity index is 1.43. The summed E-state index contributed by atoms with van der Waals surface area (Å²) in [4.78, 5) is 50.6. The lowest BCUT2D eigenvalue weighted by atomic mass is 10.1. The summed E-state index contributed by atoms with van der Waals surface area (Å²) in [6.07, 6.45) is 3.17. The number of likely N-dealkylation sites (tertiary alicyclic amines) is 1. The quantitative estimate of drug-likeness (QED) is 0.426. The monoisotopic (exact) mass is 529 g/mol. The number of piperazine rings is 1. The summed E-state index contributed by atoms with van der Waals surface area (Å²) >= 11 is 0. The molecule has 0 aliphatic carbocycles. The first-order valence-electron chi connectivity index (χ1n) is 13.8. The third-order valence-corrected chi connectivity index (χ3v) is 8.49. The summed E-state index contributed by atoms with van der Waals surface area (Å²) in [5, 5.41) is 3.45. The summed E-state index contributed by atoms with van der Waals surface area (Å²) in [7, 11) is 4.01. The molecule has 0 radical (unpaired) electrons. The number of carbonyl (C=O) groups excluding carboxylic acids is 2. The van der Waals surface area contributed by atoms with E-state index in [-0.39, 0.29) is 22.8 Å². The van der Waals surface area contributed by atoms with Crippen molar-refractivity contribution in [1.29, 1.82) is 0 Å². The lowest BCUT2D eigenvalue weighted by Gasteiger charge is -2.35. The van der Waals surface area contributed by atoms with Gasteiger partial charge in [0.05, 0.1) is 16.4 Å². The van der Waals surface area contributed by atoms with Crippen LogP contribution in [0.4, 0.5) is 5.82 Å². The molecular formula is C29H35N7O3. The molecule has 6 rings (SSSR count). The zero-order valence-corrected chi connectivity index (χ0v) is 22.8. The minimum Gasteiger partial charge on any atom is -0.353 e. The topological polar surface area (TPSA) is 95.2 Å². The minimum atomic E-state index is -0.351. The fourth-order valence-corrected chi connectivity index (χ4v) is 6.25. The Morgan fingerprint density at radius 3 is 2.44 bits per heavy atom. The van der Waals surface area contributed by atoms with Crippen LogP contribution >= 0.6 is 0 Å². The molecule has 39 heavy (non-hydrogen) atoms. The Kier molecular flexibility index (Phi) is 6.50. The number of benzene rings is 1. The van der Waals surface area contributed by atoms with E-state index in [0.29, 0.717) is 55.4 Å². The third kappa shape index (κ3) is 4.32. The van der Waals surface area contributed by atoms with Gasteiger partial charge in [-0.15, -0.1) is 0 Å². The molecule has 5 heterocycles. The highest BCUT2D eigenvalue weighted by Crippen LogP contribution is 2.27. The molecule has 2 fully saturated rings. The number of hydrogen-bond donors (Lipinski definition) is 1. The number of pyridine rings is 2. The summed E-state index contributed by atoms with van der Waals surface area (Å²) in [5.74, 6) is 0.478. The van der Waals surface area contributed by atoms with Crippen LogP contribution in [0.2, 0.25) is 0 Å². The Morgan fingerprint density at radius 2 is 1.74 bits per heavy atom. The second kappa shape index (κ2) is 10.00. The van der Waals surface area contributed by atoms with Gasteiger partial charge in [-0.3, -0.25) is 18.8 Å². The third-order valence-electron chi connectivity index (χ3n) is 8.49. The summed E-state index contributed by atoms with van der Waals surface area (Å²) in [6.45, 7) is 5.80. The molecule has 2 saturated heterocycles. The van der Waals surface area contributed by atoms with Crippen molar-refractivity contribution in [2.24, 2.45) is 7.05 Å². The van der Waals surface area contributed by atoms with Crippen LogP contribution in [0.3, 0.4) is 0 Å². The van der Waals surface area contributed by atoms with Crippen molar-refractivity contribution in [1.82, 2.24) is 29.1 Å². The Hall–Kier alpha value is -3.92. The number of carbonyl (C=O) groups is 2. The maximum absolute atomic E-state index is 13.9. The molecule has 1 unspecified atom stereocenters. The van der Waals surface area contributed by atoms with Crippen LogP contribution in [0.25, 0.3) is 27.7 Å². The molecule has 4 aromatic rings. The van der Waals surface area contributed by atoms with Crippen molar-refractivity contribution in [3.05, 3.63) is 52.2 Å². The highest BCUT2D eigenvalue weighted by atomic mass is 16.2. The average Bonchev–Trinajstić information content (AvgIpc) is 3.49. The first-order valence-corrected chi connectivity index (χ1v) is 13.8. The molecule has 2 aliphatic rings. The van der Waals surface area contributed by atoms with E-state index in [1.54, 1.807) is 13.0 Å². The number of hydrogen-bond acceptors (Lipinski definition) is 6. The number of fused-ring (bicyclic) bond motifs is 5. The number of aryl methyl sites for hydroxylation is 1. The molecule has 1 aromatic carbocycles. The number of nitrogens with zero attached hydrogens (tertiary/aromatic N) is 6. The second-order valence-electron chi connectivity index (χ2n) is 10.8. The molecule has 10 nitrogen and oxygen atoms in total. The number of nitrogens with one attached hydrogen (secondary N) is 1. The van der Waals surface area contributed by atoms with Crippen molar-refractivity contribution >= 4 is 45.3 Å². The van der Waals surface area contributed by atoms with Gasteiger partial charge in [0.25, 0.3) is 5.91 Å². The molecule has 3 aromatic heterocycles. The van der Waals surface area contributed by atoms with Crippen LogP contribution in [0.1, 0.15) is 36.5 Å². The molecule has 2 amide bonds. The Bertz CT molecular complexity index is 1650. The largest absolute Gasteiger partial charge is 0.353 e. The van der Waals surface area contributed by atoms with Crippen molar-refractivity contribution in [2.75, 3.05) is 51.2 Å². The van der Waals surface area contributed by atoms with Gasteiger partial charge in [0.1, 0.15) is 17.0 Å². The van der Waals surface area contributed by atoms with Gasteiger partial charge in [-0.1, -0.05) is 12.1 Å². The lowest BCUT2D eigenvalue weighted by Crippen LogP contribution is -2.48. The van der Waals surface area contributed by atoms with E-state index in [1.165, 1.54) is 6.42 Å². The smallest absolute Gasteiger partial charge is 0.259 e. The molecular weight excluding hydrogens is 494 g/mol. The number of rotatable bonds is 5. The average molecular weight is 530 g/mol. The van der Waals surface area contributed by atoms with E-state index >= 15 is 0 Å². The van der Waals surface area contributed by atoms with Crippen molar-refractivity contribution in [3.63, 3.8) is 0 Å². The number of para-hydroxylation sites is 2. The number of aromatic nitrogens is 3. The predicted octanol–water partition coefficient (Wildman–Crippen LogP) is 2.22. The summed E-state index contributed by atoms with van der Waals surface area (Å²) in [6, 6.07) is 12.0. The second-order valence-corrected chi connectivity index (χ2v) is 10.8. The SMILES string of the molecule is CC(=O)N1CCN(c2ccc3c(=O)c(C(=O)NCCC4CCCN4C)c4n(C)c5ccccc5n4c3n2)CC1. The fourth-order valence-electron chi connectivity index (χ4n) is 6.25. The van der Waals surface area contributed by atoms with Crippen LogP contribution < -0.4 is 15.6 Å². The van der Waals surface area contributed by atoms with Gasteiger partial charge in [0, 0.05) is 52.7 Å². The van der Waals surface area contributed by atoms with Gasteiger partial charge in [-0.25, -0.2) is 4.98 Å². The predicted molar refractivity (Wildman–Crippen MR) is 153 cm³/mol. The summed E-state index contributed by atoms with van der Waals surface area (Å²) < 4.78 is 3.86. The van der Waals surface area contributed by atoms with E-state index in [4.69, 9.17) is 4.98 Å². The van der Waals surface area contributed by atoms with E-state index in [1.807, 2.05) is 51.2 Å². The molecule has 0 bridgehead atoms.